The summed E-state index contributed by atoms with van der Waals surface area (Å²) in [6.07, 6.45) is 10.8. The lowest BCUT2D eigenvalue weighted by atomic mass is 10.2. The van der Waals surface area contributed by atoms with Gasteiger partial charge in [0.25, 0.3) is 0 Å². The van der Waals surface area contributed by atoms with Crippen LogP contribution in [0.5, 0.6) is 0 Å². The molecular weight excluding hydrogens is 437 g/mol. The van der Waals surface area contributed by atoms with Crippen LogP contribution in [0.1, 0.15) is 41.7 Å². The van der Waals surface area contributed by atoms with E-state index in [1.165, 1.54) is 12.3 Å². The van der Waals surface area contributed by atoms with Crippen LogP contribution in [0, 0.1) is 25.1 Å². The Labute approximate surface area is 195 Å². The molecule has 4 aromatic rings. The molecule has 0 amide bonds. The van der Waals surface area contributed by atoms with Gasteiger partial charge in [-0.15, -0.1) is 6.42 Å². The lowest BCUT2D eigenvalue weighted by molar-refractivity contribution is 0.0692. The molecule has 1 aliphatic heterocycles. The highest BCUT2D eigenvalue weighted by Gasteiger charge is 2.30. The van der Waals surface area contributed by atoms with E-state index in [2.05, 4.69) is 32.7 Å². The Bertz CT molecular complexity index is 1430. The molecule has 0 unspecified atom stereocenters. The van der Waals surface area contributed by atoms with Gasteiger partial charge < -0.3 is 19.0 Å². The van der Waals surface area contributed by atoms with Crippen molar-refractivity contribution in [1.29, 1.82) is 0 Å². The number of carbonyl (C=O) groups is 1. The maximum atomic E-state index is 15.0. The third-order valence-electron chi connectivity index (χ3n) is 6.21. The minimum absolute atomic E-state index is 0.00290. The molecule has 1 fully saturated rings. The Hall–Kier alpha value is -4.19. The van der Waals surface area contributed by atoms with Crippen LogP contribution < -0.4 is 4.90 Å². The number of oxazole rings is 1. The molecule has 8 nitrogen and oxygen atoms in total. The number of hydrogen-bond donors (Lipinski definition) is 1. The molecule has 34 heavy (non-hydrogen) atoms. The molecule has 0 radical (unpaired) electrons. The van der Waals surface area contributed by atoms with E-state index in [4.69, 9.17) is 10.8 Å². The van der Waals surface area contributed by atoms with Gasteiger partial charge >= 0.3 is 5.97 Å². The first-order chi connectivity index (χ1) is 16.4. The van der Waals surface area contributed by atoms with Gasteiger partial charge in [-0.05, 0) is 44.0 Å². The summed E-state index contributed by atoms with van der Waals surface area (Å²) in [5.41, 5.74) is 1.27. The molecule has 0 spiro atoms. The molecule has 2 atom stereocenters. The summed E-state index contributed by atoms with van der Waals surface area (Å²) in [4.78, 5) is 27.0. The van der Waals surface area contributed by atoms with Crippen molar-refractivity contribution in [2.24, 2.45) is 0 Å². The fourth-order valence-electron chi connectivity index (χ4n) is 4.55. The normalized spacial score (nSPS) is 17.9. The molecule has 1 N–H and O–H groups in total. The Morgan fingerprint density at radius 3 is 2.76 bits per heavy atom. The highest BCUT2D eigenvalue weighted by atomic mass is 19.1. The molecule has 3 aromatic heterocycles. The number of aryl methyl sites for hydroxylation is 1. The van der Waals surface area contributed by atoms with Crippen molar-refractivity contribution in [3.63, 3.8) is 0 Å². The largest absolute Gasteiger partial charge is 0.478 e. The molecule has 5 rings (SSSR count). The van der Waals surface area contributed by atoms with E-state index in [9.17, 15) is 9.90 Å². The maximum Gasteiger partial charge on any atom is 0.338 e. The molecule has 0 aliphatic carbocycles. The van der Waals surface area contributed by atoms with E-state index in [1.807, 2.05) is 12.1 Å². The van der Waals surface area contributed by atoms with Gasteiger partial charge in [-0.25, -0.2) is 24.1 Å². The van der Waals surface area contributed by atoms with Crippen molar-refractivity contribution in [3.8, 4) is 23.7 Å². The molecule has 9 heteroatoms. The standard InChI is InChI=1S/C25H22FN5O3/c1-4-18-7-5-14(2)31(18)21-10-6-16(11-27-21)24-29-23-20(9-8-19(22(23)26)25(32)33)30(24)12-17-13-34-15(3)28-17/h1,6,8-11,13-14,18H,5,7,12H2,2-3H3,(H,32,33)/t14-,18-/m0/s1. The predicted molar refractivity (Wildman–Crippen MR) is 124 cm³/mol. The first-order valence-electron chi connectivity index (χ1n) is 10.9. The summed E-state index contributed by atoms with van der Waals surface area (Å²) in [7, 11) is 0. The zero-order chi connectivity index (χ0) is 24.0. The number of benzene rings is 1. The fraction of sp³-hybridized carbons (Fsp3) is 0.280. The number of nitrogens with zero attached hydrogens (tertiary/aromatic N) is 5. The van der Waals surface area contributed by atoms with Crippen LogP contribution in [0.2, 0.25) is 0 Å². The van der Waals surface area contributed by atoms with Crippen molar-refractivity contribution >= 4 is 22.8 Å². The topological polar surface area (TPSA) is 97.3 Å². The molecule has 4 heterocycles. The Morgan fingerprint density at radius 2 is 2.12 bits per heavy atom. The average Bonchev–Trinajstić information content (AvgIpc) is 3.51. The van der Waals surface area contributed by atoms with Crippen molar-refractivity contribution in [3.05, 3.63) is 59.7 Å². The second-order valence-electron chi connectivity index (χ2n) is 8.40. The number of anilines is 1. The third kappa shape index (κ3) is 3.57. The second-order valence-corrected chi connectivity index (χ2v) is 8.40. The molecular formula is C25H22FN5O3. The van der Waals surface area contributed by atoms with Crippen LogP contribution in [0.4, 0.5) is 10.2 Å². The van der Waals surface area contributed by atoms with Crippen molar-refractivity contribution < 1.29 is 18.7 Å². The minimum atomic E-state index is -1.35. The van der Waals surface area contributed by atoms with Gasteiger partial charge in [-0.3, -0.25) is 0 Å². The van der Waals surface area contributed by atoms with Crippen molar-refractivity contribution in [2.75, 3.05) is 4.90 Å². The van der Waals surface area contributed by atoms with Gasteiger partial charge in [0.05, 0.1) is 29.4 Å². The number of halogens is 1. The summed E-state index contributed by atoms with van der Waals surface area (Å²) in [6, 6.07) is 6.82. The Balaban J connectivity index is 1.62. The zero-order valence-corrected chi connectivity index (χ0v) is 18.7. The Kier molecular flexibility index (Phi) is 5.28. The maximum absolute atomic E-state index is 15.0. The van der Waals surface area contributed by atoms with Crippen molar-refractivity contribution in [1.82, 2.24) is 19.5 Å². The summed E-state index contributed by atoms with van der Waals surface area (Å²) in [5.74, 6) is 2.32. The number of pyridine rings is 1. The number of aromatic nitrogens is 4. The molecule has 0 bridgehead atoms. The fourth-order valence-corrected chi connectivity index (χ4v) is 4.55. The van der Waals surface area contributed by atoms with Gasteiger partial charge in [0, 0.05) is 24.7 Å². The summed E-state index contributed by atoms with van der Waals surface area (Å²) < 4.78 is 22.1. The Morgan fingerprint density at radius 1 is 1.29 bits per heavy atom. The molecule has 1 aliphatic rings. The number of carboxylic acid groups (broad SMARTS) is 1. The summed E-state index contributed by atoms with van der Waals surface area (Å²) >= 11 is 0. The highest BCUT2D eigenvalue weighted by molar-refractivity contribution is 5.94. The van der Waals surface area contributed by atoms with E-state index in [1.54, 1.807) is 23.8 Å². The van der Waals surface area contributed by atoms with Gasteiger partial charge in [0.1, 0.15) is 23.4 Å². The van der Waals surface area contributed by atoms with E-state index in [0.717, 1.165) is 18.7 Å². The van der Waals surface area contributed by atoms with Gasteiger partial charge in [0.2, 0.25) is 0 Å². The number of hydrogen-bond acceptors (Lipinski definition) is 6. The van der Waals surface area contributed by atoms with Gasteiger partial charge in [0.15, 0.2) is 11.7 Å². The molecule has 1 saturated heterocycles. The summed E-state index contributed by atoms with van der Waals surface area (Å²) in [5, 5.41) is 9.33. The first kappa shape index (κ1) is 21.6. The van der Waals surface area contributed by atoms with E-state index >= 15 is 4.39 Å². The quantitative estimate of drug-likeness (QED) is 0.445. The molecule has 172 valence electrons. The average molecular weight is 459 g/mol. The minimum Gasteiger partial charge on any atom is -0.478 e. The smallest absolute Gasteiger partial charge is 0.338 e. The highest BCUT2D eigenvalue weighted by Crippen LogP contribution is 2.32. The van der Waals surface area contributed by atoms with Crippen LogP contribution in [0.25, 0.3) is 22.4 Å². The SMILES string of the molecule is C#C[C@H]1CC[C@H](C)N1c1ccc(-c2nc3c(F)c(C(=O)O)ccc3n2Cc2coc(C)n2)cn1. The molecule has 0 saturated carbocycles. The van der Waals surface area contributed by atoms with Crippen LogP contribution >= 0.6 is 0 Å². The van der Waals surface area contributed by atoms with Crippen LogP contribution in [-0.2, 0) is 6.54 Å². The lowest BCUT2D eigenvalue weighted by Crippen LogP contribution is -2.34. The van der Waals surface area contributed by atoms with Crippen LogP contribution in [0.3, 0.4) is 0 Å². The van der Waals surface area contributed by atoms with Crippen molar-refractivity contribution in [2.45, 2.75) is 45.3 Å². The number of fused-ring (bicyclic) bond motifs is 1. The third-order valence-corrected chi connectivity index (χ3v) is 6.21. The number of carboxylic acids is 1. The first-order valence-corrected chi connectivity index (χ1v) is 10.9. The number of aromatic carboxylic acids is 1. The van der Waals surface area contributed by atoms with Crippen LogP contribution in [-0.4, -0.2) is 42.7 Å². The van der Waals surface area contributed by atoms with Gasteiger partial charge in [-0.1, -0.05) is 5.92 Å². The number of terminal acetylenes is 1. The van der Waals surface area contributed by atoms with E-state index in [-0.39, 0.29) is 24.1 Å². The monoisotopic (exact) mass is 459 g/mol. The lowest BCUT2D eigenvalue weighted by Gasteiger charge is -2.26. The summed E-state index contributed by atoms with van der Waals surface area (Å²) in [6.45, 7) is 4.12. The zero-order valence-electron chi connectivity index (χ0n) is 18.7. The van der Waals surface area contributed by atoms with Crippen LogP contribution in [0.15, 0.2) is 41.1 Å². The number of imidazole rings is 1. The van der Waals surface area contributed by atoms with E-state index < -0.39 is 17.3 Å². The van der Waals surface area contributed by atoms with Gasteiger partial charge in [-0.2, -0.15) is 0 Å². The van der Waals surface area contributed by atoms with E-state index in [0.29, 0.717) is 28.5 Å². The predicted octanol–water partition coefficient (Wildman–Crippen LogP) is 4.27. The second kappa shape index (κ2) is 8.30. The number of rotatable bonds is 5. The molecule has 1 aromatic carbocycles.